The highest BCUT2D eigenvalue weighted by Crippen LogP contribution is 2.15. The van der Waals surface area contributed by atoms with Crippen LogP contribution in [0.3, 0.4) is 0 Å². The van der Waals surface area contributed by atoms with Crippen LogP contribution in [0.2, 0.25) is 0 Å². The van der Waals surface area contributed by atoms with Crippen molar-refractivity contribution in [3.63, 3.8) is 0 Å². The van der Waals surface area contributed by atoms with Gasteiger partial charge in [-0.2, -0.15) is 21.0 Å². The molecule has 1 aromatic carbocycles. The lowest BCUT2D eigenvalue weighted by Gasteiger charge is -1.95. The second kappa shape index (κ2) is 4.76. The summed E-state index contributed by atoms with van der Waals surface area (Å²) in [5.74, 6) is 0. The van der Waals surface area contributed by atoms with E-state index in [-0.39, 0.29) is 32.7 Å². The molecule has 0 bridgehead atoms. The van der Waals surface area contributed by atoms with Crippen LogP contribution in [-0.4, -0.2) is 10.3 Å². The van der Waals surface area contributed by atoms with E-state index >= 15 is 0 Å². The lowest BCUT2D eigenvalue weighted by Crippen LogP contribution is -2.16. The summed E-state index contributed by atoms with van der Waals surface area (Å²) in [6.45, 7) is 0. The molecule has 0 spiro atoms. The van der Waals surface area contributed by atoms with Gasteiger partial charge in [-0.05, 0) is 0 Å². The molecule has 0 N–H and O–H groups in total. The van der Waals surface area contributed by atoms with Gasteiger partial charge in [0.05, 0.1) is 33.6 Å². The molecule has 0 aliphatic heterocycles. The van der Waals surface area contributed by atoms with Gasteiger partial charge in [0.25, 0.3) is 0 Å². The molecule has 8 nitrogen and oxygen atoms in total. The molecule has 2 aromatic heterocycles. The zero-order valence-corrected chi connectivity index (χ0v) is 10.7. The standard InChI is InChI=1S/C14H2N6O2/c15-1-7(2-16)11-9-5-19-22-14(9)12(8(3-17)4-18)10-6-20-21-13(10)11/h5-6H. The topological polar surface area (TPSA) is 147 Å². The van der Waals surface area contributed by atoms with Crippen molar-refractivity contribution in [2.24, 2.45) is 0 Å². The van der Waals surface area contributed by atoms with Gasteiger partial charge in [-0.15, -0.1) is 0 Å². The summed E-state index contributed by atoms with van der Waals surface area (Å²) in [4.78, 5) is 0. The molecule has 0 unspecified atom stereocenters. The number of rotatable bonds is 0. The minimum absolute atomic E-state index is 0.117. The van der Waals surface area contributed by atoms with Crippen LogP contribution in [0.1, 0.15) is 0 Å². The van der Waals surface area contributed by atoms with E-state index in [1.807, 2.05) is 0 Å². The summed E-state index contributed by atoms with van der Waals surface area (Å²) >= 11 is 0. The average Bonchev–Trinajstić information content (AvgIpc) is 3.19. The first-order valence-corrected chi connectivity index (χ1v) is 5.76. The van der Waals surface area contributed by atoms with Gasteiger partial charge in [-0.25, -0.2) is 0 Å². The number of nitriles is 4. The van der Waals surface area contributed by atoms with E-state index in [1.54, 1.807) is 24.3 Å². The van der Waals surface area contributed by atoms with Gasteiger partial charge >= 0.3 is 0 Å². The molecule has 22 heavy (non-hydrogen) atoms. The highest BCUT2D eigenvalue weighted by Gasteiger charge is 2.18. The van der Waals surface area contributed by atoms with Crippen LogP contribution in [0.15, 0.2) is 21.4 Å². The maximum absolute atomic E-state index is 9.11. The molecule has 0 aliphatic rings. The molecule has 2 heterocycles. The summed E-state index contributed by atoms with van der Waals surface area (Å²) in [5, 5.41) is 44.6. The minimum atomic E-state index is -0.211. The molecule has 0 saturated carbocycles. The first-order chi connectivity index (χ1) is 10.8. The molecule has 8 heteroatoms. The first kappa shape index (κ1) is 12.9. The zero-order valence-electron chi connectivity index (χ0n) is 10.7. The van der Waals surface area contributed by atoms with Gasteiger partial charge in [0.1, 0.15) is 35.4 Å². The third kappa shape index (κ3) is 1.53. The molecule has 0 fully saturated rings. The highest BCUT2D eigenvalue weighted by atomic mass is 16.5. The molecule has 0 saturated heterocycles. The van der Waals surface area contributed by atoms with Crippen LogP contribution in [0.4, 0.5) is 0 Å². The fourth-order valence-electron chi connectivity index (χ4n) is 2.21. The third-order valence-electron chi connectivity index (χ3n) is 3.08. The van der Waals surface area contributed by atoms with Crippen molar-refractivity contribution in [2.75, 3.05) is 0 Å². The smallest absolute Gasteiger partial charge is 0.177 e. The van der Waals surface area contributed by atoms with Crippen molar-refractivity contribution in [2.45, 2.75) is 0 Å². The van der Waals surface area contributed by atoms with Crippen LogP contribution in [-0.2, 0) is 0 Å². The van der Waals surface area contributed by atoms with Crippen molar-refractivity contribution in [1.29, 1.82) is 21.0 Å². The van der Waals surface area contributed by atoms with Gasteiger partial charge < -0.3 is 9.05 Å². The van der Waals surface area contributed by atoms with Gasteiger partial charge in [-0.1, -0.05) is 10.3 Å². The normalized spacial score (nSPS) is 9.64. The lowest BCUT2D eigenvalue weighted by atomic mass is 10.0. The van der Waals surface area contributed by atoms with Gasteiger partial charge in [0.2, 0.25) is 0 Å². The maximum atomic E-state index is 9.11. The Kier molecular flexibility index (Phi) is 2.78. The Hall–Kier alpha value is -4.14. The predicted octanol–water partition coefficient (Wildman–Crippen LogP) is 0.365. The Morgan fingerprint density at radius 3 is 1.41 bits per heavy atom. The van der Waals surface area contributed by atoms with E-state index in [4.69, 9.17) is 30.1 Å². The van der Waals surface area contributed by atoms with E-state index < -0.39 is 0 Å². The van der Waals surface area contributed by atoms with E-state index in [9.17, 15) is 0 Å². The Bertz CT molecular complexity index is 1030. The van der Waals surface area contributed by atoms with Crippen LogP contribution in [0, 0.1) is 45.3 Å². The number of hydrogen-bond donors (Lipinski definition) is 0. The molecule has 3 rings (SSSR count). The number of fused-ring (bicyclic) bond motifs is 2. The highest BCUT2D eigenvalue weighted by molar-refractivity contribution is 6.01. The number of nitrogens with zero attached hydrogens (tertiary/aromatic N) is 6. The third-order valence-corrected chi connectivity index (χ3v) is 3.08. The largest absolute Gasteiger partial charge is 0.356 e. The van der Waals surface area contributed by atoms with Crippen LogP contribution >= 0.6 is 0 Å². The maximum Gasteiger partial charge on any atom is 0.177 e. The Morgan fingerprint density at radius 2 is 1.09 bits per heavy atom. The second-order valence-electron chi connectivity index (χ2n) is 4.08. The summed E-state index contributed by atoms with van der Waals surface area (Å²) in [6.07, 6.45) is 2.58. The van der Waals surface area contributed by atoms with Crippen molar-refractivity contribution < 1.29 is 9.05 Å². The van der Waals surface area contributed by atoms with Crippen molar-refractivity contribution in [3.05, 3.63) is 22.8 Å². The Labute approximate surface area is 121 Å². The predicted molar refractivity (Wildman–Crippen MR) is 70.1 cm³/mol. The average molecular weight is 286 g/mol. The minimum Gasteiger partial charge on any atom is -0.356 e. The SMILES string of the molecule is N#CC(C#N)=c1c2cnoc2c(=C(C#N)C#N)c2cnoc12. The van der Waals surface area contributed by atoms with Crippen LogP contribution in [0.25, 0.3) is 33.1 Å². The summed E-state index contributed by atoms with van der Waals surface area (Å²) in [5.41, 5.74) is -0.187. The van der Waals surface area contributed by atoms with Crippen LogP contribution < -0.4 is 10.4 Å². The molecular weight excluding hydrogens is 284 g/mol. The Morgan fingerprint density at radius 1 is 0.727 bits per heavy atom. The molecule has 3 aromatic rings. The van der Waals surface area contributed by atoms with E-state index in [0.29, 0.717) is 10.8 Å². The first-order valence-electron chi connectivity index (χ1n) is 5.76. The monoisotopic (exact) mass is 286 g/mol. The second-order valence-corrected chi connectivity index (χ2v) is 4.08. The van der Waals surface area contributed by atoms with Gasteiger partial charge in [-0.3, -0.25) is 0 Å². The van der Waals surface area contributed by atoms with Gasteiger partial charge in [0.15, 0.2) is 11.2 Å². The fraction of sp³-hybridized carbons (Fsp3) is 0. The van der Waals surface area contributed by atoms with Crippen molar-refractivity contribution in [1.82, 2.24) is 10.3 Å². The number of hydrogen-bond acceptors (Lipinski definition) is 8. The quantitative estimate of drug-likeness (QED) is 0.575. The molecule has 0 radical (unpaired) electrons. The van der Waals surface area contributed by atoms with Crippen molar-refractivity contribution in [3.8, 4) is 24.3 Å². The molecule has 0 atom stereocenters. The summed E-state index contributed by atoms with van der Waals surface area (Å²) in [7, 11) is 0. The number of aromatic nitrogens is 2. The number of benzene rings is 1. The van der Waals surface area contributed by atoms with E-state index in [2.05, 4.69) is 10.3 Å². The molecular formula is C14H2N6O2. The zero-order chi connectivity index (χ0) is 15.7. The van der Waals surface area contributed by atoms with E-state index in [1.165, 1.54) is 12.4 Å². The summed E-state index contributed by atoms with van der Waals surface area (Å²) in [6, 6.07) is 7.08. The molecule has 0 amide bonds. The van der Waals surface area contributed by atoms with E-state index in [0.717, 1.165) is 0 Å². The fourth-order valence-corrected chi connectivity index (χ4v) is 2.21. The lowest BCUT2D eigenvalue weighted by molar-refractivity contribution is 0.453. The molecule has 100 valence electrons. The molecule has 0 aliphatic carbocycles. The van der Waals surface area contributed by atoms with Crippen molar-refractivity contribution >= 4 is 33.1 Å². The van der Waals surface area contributed by atoms with Crippen LogP contribution in [0.5, 0.6) is 0 Å². The summed E-state index contributed by atoms with van der Waals surface area (Å²) < 4.78 is 10.2. The van der Waals surface area contributed by atoms with Gasteiger partial charge in [0, 0.05) is 0 Å². The Balaban J connectivity index is 2.89.